The summed E-state index contributed by atoms with van der Waals surface area (Å²) in [5, 5.41) is 3.49. The van der Waals surface area contributed by atoms with Gasteiger partial charge in [0.2, 0.25) is 5.88 Å². The molecule has 0 saturated heterocycles. The van der Waals surface area contributed by atoms with Gasteiger partial charge < -0.3 is 10.1 Å². The maximum atomic E-state index is 5.18. The molecule has 0 bridgehead atoms. The summed E-state index contributed by atoms with van der Waals surface area (Å²) in [7, 11) is 1.64. The lowest BCUT2D eigenvalue weighted by molar-refractivity contribution is 0.393. The summed E-state index contributed by atoms with van der Waals surface area (Å²) in [6.07, 6.45) is 8.04. The van der Waals surface area contributed by atoms with Crippen LogP contribution in [0.4, 0.5) is 5.82 Å². The van der Waals surface area contributed by atoms with E-state index in [-0.39, 0.29) is 0 Å². The van der Waals surface area contributed by atoms with Gasteiger partial charge in [0, 0.05) is 6.04 Å². The Labute approximate surface area is 96.4 Å². The minimum atomic E-state index is 0.562. The highest BCUT2D eigenvalue weighted by Gasteiger charge is 2.15. The van der Waals surface area contributed by atoms with E-state index in [0.29, 0.717) is 11.9 Å². The fraction of sp³-hybridized carbons (Fsp3) is 0.667. The second-order valence-corrected chi connectivity index (χ2v) is 4.34. The molecule has 88 valence electrons. The van der Waals surface area contributed by atoms with Crippen LogP contribution in [0, 0.1) is 6.92 Å². The fourth-order valence-corrected chi connectivity index (χ4v) is 2.23. The van der Waals surface area contributed by atoms with Crippen molar-refractivity contribution in [3.8, 4) is 5.88 Å². The summed E-state index contributed by atoms with van der Waals surface area (Å²) >= 11 is 0. The third-order valence-corrected chi connectivity index (χ3v) is 3.18. The van der Waals surface area contributed by atoms with Crippen LogP contribution in [-0.4, -0.2) is 23.1 Å². The van der Waals surface area contributed by atoms with Gasteiger partial charge in [-0.2, -0.15) is 0 Å². The molecule has 1 N–H and O–H groups in total. The fourth-order valence-electron chi connectivity index (χ4n) is 2.23. The number of ether oxygens (including phenoxy) is 1. The summed E-state index contributed by atoms with van der Waals surface area (Å²) in [5.41, 5.74) is 0.996. The zero-order valence-electron chi connectivity index (χ0n) is 9.99. The Morgan fingerprint density at radius 1 is 1.25 bits per heavy atom. The van der Waals surface area contributed by atoms with Crippen molar-refractivity contribution in [3.63, 3.8) is 0 Å². The Balaban J connectivity index is 2.08. The Kier molecular flexibility index (Phi) is 3.59. The van der Waals surface area contributed by atoms with Gasteiger partial charge in [-0.25, -0.2) is 9.97 Å². The van der Waals surface area contributed by atoms with Gasteiger partial charge in [-0.15, -0.1) is 0 Å². The largest absolute Gasteiger partial charge is 0.481 e. The molecule has 0 atom stereocenters. The van der Waals surface area contributed by atoms with E-state index in [1.54, 1.807) is 13.4 Å². The van der Waals surface area contributed by atoms with Gasteiger partial charge in [0.1, 0.15) is 12.1 Å². The van der Waals surface area contributed by atoms with E-state index in [1.165, 1.54) is 32.1 Å². The molecule has 1 aromatic rings. The first kappa shape index (κ1) is 11.2. The Hall–Kier alpha value is -1.32. The predicted octanol–water partition coefficient (Wildman–Crippen LogP) is 2.54. The van der Waals surface area contributed by atoms with E-state index in [9.17, 15) is 0 Å². The topological polar surface area (TPSA) is 47.0 Å². The Morgan fingerprint density at radius 3 is 2.69 bits per heavy atom. The average molecular weight is 221 g/mol. The molecule has 1 aliphatic rings. The van der Waals surface area contributed by atoms with E-state index in [4.69, 9.17) is 4.74 Å². The Morgan fingerprint density at radius 2 is 2.00 bits per heavy atom. The van der Waals surface area contributed by atoms with Crippen molar-refractivity contribution in [2.24, 2.45) is 0 Å². The van der Waals surface area contributed by atoms with Crippen LogP contribution < -0.4 is 10.1 Å². The van der Waals surface area contributed by atoms with Crippen LogP contribution >= 0.6 is 0 Å². The van der Waals surface area contributed by atoms with Gasteiger partial charge in [0.15, 0.2) is 0 Å². The lowest BCUT2D eigenvalue weighted by Crippen LogP contribution is -2.23. The van der Waals surface area contributed by atoms with E-state index in [0.717, 1.165) is 11.4 Å². The van der Waals surface area contributed by atoms with Crippen LogP contribution in [0.2, 0.25) is 0 Å². The molecule has 4 nitrogen and oxygen atoms in total. The molecule has 16 heavy (non-hydrogen) atoms. The van der Waals surface area contributed by atoms with Gasteiger partial charge in [0.05, 0.1) is 12.7 Å². The molecule has 0 aromatic carbocycles. The molecule has 1 saturated carbocycles. The van der Waals surface area contributed by atoms with E-state index < -0.39 is 0 Å². The third kappa shape index (κ3) is 2.43. The molecule has 0 amide bonds. The van der Waals surface area contributed by atoms with Gasteiger partial charge >= 0.3 is 0 Å². The standard InChI is InChI=1S/C12H19N3O/c1-9-11(13-8-14-12(9)16-2)15-10-6-4-3-5-7-10/h8,10H,3-7H2,1-2H3,(H,13,14,15). The first-order valence-corrected chi connectivity index (χ1v) is 5.93. The average Bonchev–Trinajstić information content (AvgIpc) is 2.33. The summed E-state index contributed by atoms with van der Waals surface area (Å²) in [4.78, 5) is 8.36. The minimum absolute atomic E-state index is 0.562. The molecular formula is C12H19N3O. The molecule has 4 heteroatoms. The van der Waals surface area contributed by atoms with Crippen molar-refractivity contribution in [2.75, 3.05) is 12.4 Å². The zero-order chi connectivity index (χ0) is 11.4. The number of nitrogens with one attached hydrogen (secondary N) is 1. The molecule has 0 radical (unpaired) electrons. The first-order chi connectivity index (χ1) is 7.81. The molecule has 0 aliphatic heterocycles. The highest BCUT2D eigenvalue weighted by molar-refractivity contribution is 5.48. The van der Waals surface area contributed by atoms with Crippen molar-refractivity contribution in [1.29, 1.82) is 0 Å². The maximum absolute atomic E-state index is 5.18. The summed E-state index contributed by atoms with van der Waals surface area (Å²) in [5.74, 6) is 1.58. The normalized spacial score (nSPS) is 17.1. The number of methoxy groups -OCH3 is 1. The number of hydrogen-bond donors (Lipinski definition) is 1. The van der Waals surface area contributed by atoms with Gasteiger partial charge in [-0.05, 0) is 19.8 Å². The lowest BCUT2D eigenvalue weighted by Gasteiger charge is -2.24. The number of anilines is 1. The van der Waals surface area contributed by atoms with E-state index >= 15 is 0 Å². The monoisotopic (exact) mass is 221 g/mol. The van der Waals surface area contributed by atoms with Crippen LogP contribution in [0.15, 0.2) is 6.33 Å². The SMILES string of the molecule is COc1ncnc(NC2CCCCC2)c1C. The summed E-state index contributed by atoms with van der Waals surface area (Å²) < 4.78 is 5.18. The highest BCUT2D eigenvalue weighted by atomic mass is 16.5. The Bertz CT molecular complexity index is 348. The molecular weight excluding hydrogens is 202 g/mol. The molecule has 1 aromatic heterocycles. The maximum Gasteiger partial charge on any atom is 0.221 e. The highest BCUT2D eigenvalue weighted by Crippen LogP contribution is 2.25. The molecule has 0 spiro atoms. The predicted molar refractivity (Wildman–Crippen MR) is 63.8 cm³/mol. The van der Waals surface area contributed by atoms with Crippen molar-refractivity contribution in [3.05, 3.63) is 11.9 Å². The van der Waals surface area contributed by atoms with Crippen LogP contribution in [0.1, 0.15) is 37.7 Å². The number of rotatable bonds is 3. The lowest BCUT2D eigenvalue weighted by atomic mass is 9.95. The molecule has 1 fully saturated rings. The zero-order valence-corrected chi connectivity index (χ0v) is 9.99. The number of hydrogen-bond acceptors (Lipinski definition) is 4. The summed E-state index contributed by atoms with van der Waals surface area (Å²) in [6.45, 7) is 1.99. The minimum Gasteiger partial charge on any atom is -0.481 e. The molecule has 1 aliphatic carbocycles. The van der Waals surface area contributed by atoms with E-state index in [1.807, 2.05) is 6.92 Å². The smallest absolute Gasteiger partial charge is 0.221 e. The number of nitrogens with zero attached hydrogens (tertiary/aromatic N) is 2. The van der Waals surface area contributed by atoms with Gasteiger partial charge in [-0.3, -0.25) is 0 Å². The van der Waals surface area contributed by atoms with Crippen LogP contribution in [-0.2, 0) is 0 Å². The van der Waals surface area contributed by atoms with Crippen molar-refractivity contribution in [2.45, 2.75) is 45.1 Å². The second-order valence-electron chi connectivity index (χ2n) is 4.34. The number of aromatic nitrogens is 2. The second kappa shape index (κ2) is 5.14. The van der Waals surface area contributed by atoms with Crippen LogP contribution in [0.25, 0.3) is 0 Å². The van der Waals surface area contributed by atoms with Crippen LogP contribution in [0.3, 0.4) is 0 Å². The molecule has 1 heterocycles. The molecule has 0 unspecified atom stereocenters. The summed E-state index contributed by atoms with van der Waals surface area (Å²) in [6, 6.07) is 0.562. The quantitative estimate of drug-likeness (QED) is 0.852. The van der Waals surface area contributed by atoms with Crippen molar-refractivity contribution in [1.82, 2.24) is 9.97 Å². The molecule has 2 rings (SSSR count). The van der Waals surface area contributed by atoms with Gasteiger partial charge in [0.25, 0.3) is 0 Å². The third-order valence-electron chi connectivity index (χ3n) is 3.18. The van der Waals surface area contributed by atoms with E-state index in [2.05, 4.69) is 15.3 Å². The van der Waals surface area contributed by atoms with Crippen LogP contribution in [0.5, 0.6) is 5.88 Å². The van der Waals surface area contributed by atoms with Crippen molar-refractivity contribution < 1.29 is 4.74 Å². The van der Waals surface area contributed by atoms with Gasteiger partial charge in [-0.1, -0.05) is 19.3 Å². The first-order valence-electron chi connectivity index (χ1n) is 5.93. The van der Waals surface area contributed by atoms with Crippen molar-refractivity contribution >= 4 is 5.82 Å².